The molecule has 7 heteroatoms. The topological polar surface area (TPSA) is 98.3 Å². The number of benzene rings is 1. The van der Waals surface area contributed by atoms with Crippen molar-refractivity contribution in [1.29, 1.82) is 0 Å². The Morgan fingerprint density at radius 3 is 2.64 bits per heavy atom. The second-order valence-corrected chi connectivity index (χ2v) is 5.57. The number of carbonyl (C=O) groups excluding carboxylic acids is 1. The molecule has 1 atom stereocenters. The molecule has 118 valence electrons. The molecule has 0 aliphatic rings. The monoisotopic (exact) mass is 304 g/mol. The number of rotatable bonds is 5. The number of H-pyrrole nitrogens is 1. The number of nitrogens with one attached hydrogen (secondary N) is 2. The number of para-hydroxylation sites is 2. The van der Waals surface area contributed by atoms with E-state index < -0.39 is 18.0 Å². The van der Waals surface area contributed by atoms with Crippen LogP contribution in [0.25, 0.3) is 11.0 Å². The Kier molecular flexibility index (Phi) is 4.65. The van der Waals surface area contributed by atoms with E-state index in [2.05, 4.69) is 15.3 Å². The third-order valence-electron chi connectivity index (χ3n) is 3.38. The number of hydrogen-bond donors (Lipinski definition) is 3. The molecule has 0 aliphatic heterocycles. The van der Waals surface area contributed by atoms with Gasteiger partial charge < -0.3 is 20.3 Å². The van der Waals surface area contributed by atoms with Crippen molar-refractivity contribution in [1.82, 2.24) is 20.2 Å². The van der Waals surface area contributed by atoms with Gasteiger partial charge in [0.2, 0.25) is 0 Å². The molecular formula is C15H20N4O3. The van der Waals surface area contributed by atoms with Crippen LogP contribution in [0.5, 0.6) is 0 Å². The number of hydrogen-bond acceptors (Lipinski definition) is 3. The Labute approximate surface area is 128 Å². The predicted molar refractivity (Wildman–Crippen MR) is 82.4 cm³/mol. The minimum atomic E-state index is -1.04. The molecule has 3 N–H and O–H groups in total. The second-order valence-electron chi connectivity index (χ2n) is 5.57. The van der Waals surface area contributed by atoms with Crippen LogP contribution in [0.2, 0.25) is 0 Å². The number of urea groups is 1. The molecule has 0 saturated carbocycles. The van der Waals surface area contributed by atoms with Crippen LogP contribution >= 0.6 is 0 Å². The van der Waals surface area contributed by atoms with Gasteiger partial charge in [-0.15, -0.1) is 0 Å². The fourth-order valence-corrected chi connectivity index (χ4v) is 2.13. The van der Waals surface area contributed by atoms with Gasteiger partial charge in [-0.1, -0.05) is 26.0 Å². The van der Waals surface area contributed by atoms with Crippen molar-refractivity contribution in [3.05, 3.63) is 30.1 Å². The number of carboxylic acids is 1. The van der Waals surface area contributed by atoms with Crippen molar-refractivity contribution in [3.8, 4) is 0 Å². The van der Waals surface area contributed by atoms with Gasteiger partial charge in [0.15, 0.2) is 0 Å². The first-order valence-corrected chi connectivity index (χ1v) is 7.06. The minimum absolute atomic E-state index is 0.193. The largest absolute Gasteiger partial charge is 0.480 e. The number of amides is 2. The summed E-state index contributed by atoms with van der Waals surface area (Å²) in [5, 5.41) is 11.6. The molecular weight excluding hydrogens is 284 g/mol. The maximum atomic E-state index is 12.1. The minimum Gasteiger partial charge on any atom is -0.480 e. The van der Waals surface area contributed by atoms with Crippen LogP contribution in [0, 0.1) is 5.92 Å². The third-order valence-corrected chi connectivity index (χ3v) is 3.38. The van der Waals surface area contributed by atoms with Crippen LogP contribution in [0.4, 0.5) is 4.79 Å². The molecule has 1 unspecified atom stereocenters. The van der Waals surface area contributed by atoms with Crippen LogP contribution in [0.15, 0.2) is 24.3 Å². The molecule has 1 aromatic carbocycles. The van der Waals surface area contributed by atoms with Crippen molar-refractivity contribution in [2.45, 2.75) is 26.4 Å². The van der Waals surface area contributed by atoms with Crippen molar-refractivity contribution < 1.29 is 14.7 Å². The first-order valence-electron chi connectivity index (χ1n) is 7.06. The van der Waals surface area contributed by atoms with Gasteiger partial charge in [-0.25, -0.2) is 14.6 Å². The van der Waals surface area contributed by atoms with Crippen molar-refractivity contribution >= 4 is 23.0 Å². The van der Waals surface area contributed by atoms with E-state index in [1.165, 1.54) is 4.90 Å². The van der Waals surface area contributed by atoms with Crippen LogP contribution in [0.1, 0.15) is 19.7 Å². The van der Waals surface area contributed by atoms with E-state index in [-0.39, 0.29) is 12.5 Å². The van der Waals surface area contributed by atoms with E-state index in [0.29, 0.717) is 5.82 Å². The Hall–Kier alpha value is -2.57. The normalized spacial score (nSPS) is 12.4. The molecule has 1 heterocycles. The lowest BCUT2D eigenvalue weighted by atomic mass is 10.1. The van der Waals surface area contributed by atoms with Gasteiger partial charge in [-0.3, -0.25) is 0 Å². The molecule has 0 spiro atoms. The molecule has 0 fully saturated rings. The molecule has 0 bridgehead atoms. The Bertz CT molecular complexity index is 647. The molecule has 2 rings (SSSR count). The summed E-state index contributed by atoms with van der Waals surface area (Å²) >= 11 is 0. The molecule has 1 aromatic heterocycles. The van der Waals surface area contributed by atoms with Crippen molar-refractivity contribution in [3.63, 3.8) is 0 Å². The lowest BCUT2D eigenvalue weighted by Crippen LogP contribution is -2.48. The van der Waals surface area contributed by atoms with Crippen LogP contribution in [0.3, 0.4) is 0 Å². The van der Waals surface area contributed by atoms with Gasteiger partial charge in [0.25, 0.3) is 0 Å². The number of fused-ring (bicyclic) bond motifs is 1. The lowest BCUT2D eigenvalue weighted by molar-refractivity contribution is -0.140. The zero-order valence-corrected chi connectivity index (χ0v) is 12.8. The van der Waals surface area contributed by atoms with Gasteiger partial charge in [0.1, 0.15) is 11.9 Å². The molecule has 2 amide bonds. The van der Waals surface area contributed by atoms with E-state index in [4.69, 9.17) is 5.11 Å². The number of carboxylic acid groups (broad SMARTS) is 1. The Balaban J connectivity index is 2.03. The highest BCUT2D eigenvalue weighted by Crippen LogP contribution is 2.11. The summed E-state index contributed by atoms with van der Waals surface area (Å²) in [7, 11) is 1.60. The van der Waals surface area contributed by atoms with Crippen LogP contribution < -0.4 is 5.32 Å². The zero-order valence-electron chi connectivity index (χ0n) is 12.8. The average molecular weight is 304 g/mol. The first kappa shape index (κ1) is 15.8. The predicted octanol–water partition coefficient (Wildman–Crippen LogP) is 1.81. The molecule has 0 saturated heterocycles. The SMILES string of the molecule is CC(C)C(NC(=O)N(C)Cc1nc2ccccc2[nH]1)C(=O)O. The third kappa shape index (κ3) is 3.55. The fourth-order valence-electron chi connectivity index (χ4n) is 2.13. The quantitative estimate of drug-likeness (QED) is 0.784. The summed E-state index contributed by atoms with van der Waals surface area (Å²) in [6, 6.07) is 6.23. The highest BCUT2D eigenvalue weighted by Gasteiger charge is 2.25. The first-order chi connectivity index (χ1) is 10.4. The molecule has 22 heavy (non-hydrogen) atoms. The summed E-state index contributed by atoms with van der Waals surface area (Å²) in [6.07, 6.45) is 0. The molecule has 0 radical (unpaired) electrons. The van der Waals surface area contributed by atoms with E-state index in [1.807, 2.05) is 24.3 Å². The standard InChI is InChI=1S/C15H20N4O3/c1-9(2)13(14(20)21)18-15(22)19(3)8-12-16-10-6-4-5-7-11(10)17-12/h4-7,9,13H,8H2,1-3H3,(H,16,17)(H,18,22)(H,20,21). The maximum absolute atomic E-state index is 12.1. The maximum Gasteiger partial charge on any atom is 0.326 e. The number of imidazole rings is 1. The Morgan fingerprint density at radius 1 is 1.36 bits per heavy atom. The number of aliphatic carboxylic acids is 1. The van der Waals surface area contributed by atoms with E-state index in [0.717, 1.165) is 11.0 Å². The van der Waals surface area contributed by atoms with Crippen molar-refractivity contribution in [2.24, 2.45) is 5.92 Å². The average Bonchev–Trinajstić information content (AvgIpc) is 2.85. The number of carbonyl (C=O) groups is 2. The summed E-state index contributed by atoms with van der Waals surface area (Å²) in [5.41, 5.74) is 1.73. The van der Waals surface area contributed by atoms with E-state index in [9.17, 15) is 9.59 Å². The highest BCUT2D eigenvalue weighted by molar-refractivity contribution is 5.82. The second kappa shape index (κ2) is 6.46. The molecule has 0 aliphatic carbocycles. The zero-order chi connectivity index (χ0) is 16.3. The summed E-state index contributed by atoms with van der Waals surface area (Å²) in [5.74, 6) is -0.586. The van der Waals surface area contributed by atoms with Crippen LogP contribution in [-0.4, -0.2) is 45.1 Å². The molecule has 2 aromatic rings. The lowest BCUT2D eigenvalue weighted by Gasteiger charge is -2.22. The van der Waals surface area contributed by atoms with E-state index >= 15 is 0 Å². The summed E-state index contributed by atoms with van der Waals surface area (Å²) < 4.78 is 0. The fraction of sp³-hybridized carbons (Fsp3) is 0.400. The summed E-state index contributed by atoms with van der Waals surface area (Å²) in [6.45, 7) is 3.77. The van der Waals surface area contributed by atoms with Gasteiger partial charge in [0, 0.05) is 7.05 Å². The number of aromatic nitrogens is 2. The smallest absolute Gasteiger partial charge is 0.326 e. The van der Waals surface area contributed by atoms with Gasteiger partial charge >= 0.3 is 12.0 Å². The summed E-state index contributed by atoms with van der Waals surface area (Å²) in [4.78, 5) is 32.1. The Morgan fingerprint density at radius 2 is 2.05 bits per heavy atom. The van der Waals surface area contributed by atoms with Crippen LogP contribution in [-0.2, 0) is 11.3 Å². The number of aromatic amines is 1. The molecule has 7 nitrogen and oxygen atoms in total. The van der Waals surface area contributed by atoms with Crippen molar-refractivity contribution in [2.75, 3.05) is 7.05 Å². The van der Waals surface area contributed by atoms with Gasteiger partial charge in [0.05, 0.1) is 17.6 Å². The van der Waals surface area contributed by atoms with Gasteiger partial charge in [-0.05, 0) is 18.1 Å². The van der Waals surface area contributed by atoms with Gasteiger partial charge in [-0.2, -0.15) is 0 Å². The highest BCUT2D eigenvalue weighted by atomic mass is 16.4. The van der Waals surface area contributed by atoms with E-state index in [1.54, 1.807) is 20.9 Å². The number of nitrogens with zero attached hydrogens (tertiary/aromatic N) is 2.